The molecule has 0 aromatic heterocycles. The Bertz CT molecular complexity index is 544. The molecular weight excluding hydrogens is 340 g/mol. The van der Waals surface area contributed by atoms with E-state index in [1.54, 1.807) is 24.3 Å². The third-order valence-corrected chi connectivity index (χ3v) is 3.36. The van der Waals surface area contributed by atoms with Crippen LogP contribution in [0, 0.1) is 0 Å². The number of nitrogens with zero attached hydrogens (tertiary/aromatic N) is 1. The van der Waals surface area contributed by atoms with Crippen LogP contribution in [0.15, 0.2) is 33.7 Å². The van der Waals surface area contributed by atoms with E-state index in [1.165, 1.54) is 0 Å². The molecule has 0 bridgehead atoms. The van der Waals surface area contributed by atoms with Crippen molar-refractivity contribution in [3.8, 4) is 0 Å². The van der Waals surface area contributed by atoms with Crippen molar-refractivity contribution in [3.05, 3.63) is 34.3 Å². The van der Waals surface area contributed by atoms with Crippen LogP contribution >= 0.6 is 15.9 Å². The number of carbonyl (C=O) groups is 2. The first-order chi connectivity index (χ1) is 9.91. The van der Waals surface area contributed by atoms with Crippen LogP contribution in [0.25, 0.3) is 0 Å². The SMILES string of the molecule is NC(N)=NCCC[C@H](NC(=O)c1ccccc1Br)C(=O)O. The van der Waals surface area contributed by atoms with Crippen LogP contribution in [-0.4, -0.2) is 35.5 Å². The number of rotatable bonds is 7. The normalized spacial score (nSPS) is 11.5. The third-order valence-electron chi connectivity index (χ3n) is 2.67. The molecule has 0 spiro atoms. The molecule has 0 unspecified atom stereocenters. The van der Waals surface area contributed by atoms with Crippen molar-refractivity contribution < 1.29 is 14.7 Å². The minimum atomic E-state index is -1.10. The van der Waals surface area contributed by atoms with Gasteiger partial charge < -0.3 is 21.9 Å². The summed E-state index contributed by atoms with van der Waals surface area (Å²) in [5, 5.41) is 11.6. The number of amides is 1. The Kier molecular flexibility index (Phi) is 6.67. The summed E-state index contributed by atoms with van der Waals surface area (Å²) in [5.41, 5.74) is 10.7. The van der Waals surface area contributed by atoms with Gasteiger partial charge in [-0.15, -0.1) is 0 Å². The first-order valence-corrected chi connectivity index (χ1v) is 7.04. The van der Waals surface area contributed by atoms with E-state index in [1.807, 2.05) is 0 Å². The van der Waals surface area contributed by atoms with Gasteiger partial charge in [-0.3, -0.25) is 9.79 Å². The van der Waals surface area contributed by atoms with Crippen LogP contribution < -0.4 is 16.8 Å². The fraction of sp³-hybridized carbons (Fsp3) is 0.308. The molecule has 0 saturated carbocycles. The smallest absolute Gasteiger partial charge is 0.326 e. The highest BCUT2D eigenvalue weighted by molar-refractivity contribution is 9.10. The van der Waals surface area contributed by atoms with Crippen molar-refractivity contribution in [2.45, 2.75) is 18.9 Å². The molecule has 0 fully saturated rings. The lowest BCUT2D eigenvalue weighted by molar-refractivity contribution is -0.139. The second-order valence-electron chi connectivity index (χ2n) is 4.29. The molecule has 1 rings (SSSR count). The number of benzene rings is 1. The molecule has 0 heterocycles. The van der Waals surface area contributed by atoms with Gasteiger partial charge in [0.05, 0.1) is 5.56 Å². The Morgan fingerprint density at radius 1 is 1.33 bits per heavy atom. The number of halogens is 1. The lowest BCUT2D eigenvalue weighted by atomic mass is 10.1. The topological polar surface area (TPSA) is 131 Å². The van der Waals surface area contributed by atoms with Gasteiger partial charge in [0.25, 0.3) is 5.91 Å². The Labute approximate surface area is 130 Å². The van der Waals surface area contributed by atoms with E-state index < -0.39 is 17.9 Å². The van der Waals surface area contributed by atoms with Crippen LogP contribution in [-0.2, 0) is 4.79 Å². The summed E-state index contributed by atoms with van der Waals surface area (Å²) in [4.78, 5) is 27.0. The highest BCUT2D eigenvalue weighted by Gasteiger charge is 2.21. The zero-order valence-corrected chi connectivity index (χ0v) is 12.8. The second-order valence-corrected chi connectivity index (χ2v) is 5.15. The van der Waals surface area contributed by atoms with E-state index in [-0.39, 0.29) is 12.4 Å². The number of carboxylic acid groups (broad SMARTS) is 1. The summed E-state index contributed by atoms with van der Waals surface area (Å²) in [6.45, 7) is 0.316. The fourth-order valence-electron chi connectivity index (χ4n) is 1.64. The van der Waals surface area contributed by atoms with E-state index in [9.17, 15) is 9.59 Å². The predicted molar refractivity (Wildman–Crippen MR) is 82.9 cm³/mol. The van der Waals surface area contributed by atoms with Gasteiger partial charge in [-0.25, -0.2) is 4.79 Å². The van der Waals surface area contributed by atoms with Gasteiger partial charge in [0.15, 0.2) is 5.96 Å². The van der Waals surface area contributed by atoms with Crippen LogP contribution in [0.1, 0.15) is 23.2 Å². The van der Waals surface area contributed by atoms with Crippen molar-refractivity contribution in [1.82, 2.24) is 5.32 Å². The maximum Gasteiger partial charge on any atom is 0.326 e. The van der Waals surface area contributed by atoms with Crippen LogP contribution in [0.4, 0.5) is 0 Å². The molecule has 114 valence electrons. The zero-order chi connectivity index (χ0) is 15.8. The molecule has 0 aliphatic carbocycles. The van der Waals surface area contributed by atoms with E-state index in [0.717, 1.165) is 0 Å². The monoisotopic (exact) mass is 356 g/mol. The standard InChI is InChI=1S/C13H17BrN4O3/c14-9-5-2-1-4-8(9)11(19)18-10(12(20)21)6-3-7-17-13(15)16/h1-2,4-5,10H,3,6-7H2,(H,18,19)(H,20,21)(H4,15,16,17)/t10-/m0/s1. The molecule has 1 aromatic carbocycles. The van der Waals surface area contributed by atoms with E-state index >= 15 is 0 Å². The first kappa shape index (κ1) is 17.0. The average Bonchev–Trinajstić information content (AvgIpc) is 2.41. The number of aliphatic carboxylic acids is 1. The van der Waals surface area contributed by atoms with Gasteiger partial charge in [-0.1, -0.05) is 12.1 Å². The molecule has 0 saturated heterocycles. The number of aliphatic imine (C=N–C) groups is 1. The summed E-state index contributed by atoms with van der Waals surface area (Å²) in [7, 11) is 0. The Morgan fingerprint density at radius 3 is 2.57 bits per heavy atom. The molecule has 1 amide bonds. The number of hydrogen-bond donors (Lipinski definition) is 4. The summed E-state index contributed by atoms with van der Waals surface area (Å²) in [6.07, 6.45) is 0.688. The van der Waals surface area contributed by atoms with Gasteiger partial charge in [0, 0.05) is 11.0 Å². The lowest BCUT2D eigenvalue weighted by Crippen LogP contribution is -2.41. The lowest BCUT2D eigenvalue weighted by Gasteiger charge is -2.14. The molecule has 6 N–H and O–H groups in total. The summed E-state index contributed by atoms with van der Waals surface area (Å²) in [6, 6.07) is 5.80. The largest absolute Gasteiger partial charge is 0.480 e. The minimum Gasteiger partial charge on any atom is -0.480 e. The molecule has 1 aromatic rings. The van der Waals surface area contributed by atoms with E-state index in [0.29, 0.717) is 23.0 Å². The number of carboxylic acids is 1. The molecule has 0 aliphatic rings. The average molecular weight is 357 g/mol. The van der Waals surface area contributed by atoms with E-state index in [2.05, 4.69) is 26.2 Å². The van der Waals surface area contributed by atoms with Crippen molar-refractivity contribution in [1.29, 1.82) is 0 Å². The Morgan fingerprint density at radius 2 is 2.00 bits per heavy atom. The number of carbonyl (C=O) groups excluding carboxylic acids is 1. The van der Waals surface area contributed by atoms with E-state index in [4.69, 9.17) is 16.6 Å². The predicted octanol–water partition coefficient (Wildman–Crippen LogP) is 0.686. The maximum absolute atomic E-state index is 12.0. The van der Waals surface area contributed by atoms with Gasteiger partial charge >= 0.3 is 5.97 Å². The molecule has 0 radical (unpaired) electrons. The van der Waals surface area contributed by atoms with Gasteiger partial charge in [-0.05, 0) is 40.9 Å². The number of hydrogen-bond acceptors (Lipinski definition) is 3. The molecule has 0 aliphatic heterocycles. The van der Waals surface area contributed by atoms with Crippen molar-refractivity contribution in [2.75, 3.05) is 6.54 Å². The van der Waals surface area contributed by atoms with Crippen LogP contribution in [0.2, 0.25) is 0 Å². The highest BCUT2D eigenvalue weighted by Crippen LogP contribution is 2.16. The zero-order valence-electron chi connectivity index (χ0n) is 11.3. The van der Waals surface area contributed by atoms with Gasteiger partial charge in [0.2, 0.25) is 0 Å². The van der Waals surface area contributed by atoms with Gasteiger partial charge in [-0.2, -0.15) is 0 Å². The number of guanidine groups is 1. The van der Waals surface area contributed by atoms with Crippen LogP contribution in [0.3, 0.4) is 0 Å². The summed E-state index contributed by atoms with van der Waals surface area (Å²) < 4.78 is 0.604. The van der Waals surface area contributed by atoms with Crippen molar-refractivity contribution in [3.63, 3.8) is 0 Å². The molecule has 8 heteroatoms. The third kappa shape index (κ3) is 5.82. The maximum atomic E-state index is 12.0. The fourth-order valence-corrected chi connectivity index (χ4v) is 2.11. The summed E-state index contributed by atoms with van der Waals surface area (Å²) >= 11 is 3.25. The highest BCUT2D eigenvalue weighted by atomic mass is 79.9. The quantitative estimate of drug-likeness (QED) is 0.324. The number of nitrogens with one attached hydrogen (secondary N) is 1. The first-order valence-electron chi connectivity index (χ1n) is 6.25. The molecule has 21 heavy (non-hydrogen) atoms. The molecule has 1 atom stereocenters. The molecule has 7 nitrogen and oxygen atoms in total. The Hall–Kier alpha value is -2.09. The van der Waals surface area contributed by atoms with Crippen molar-refractivity contribution >= 4 is 33.8 Å². The minimum absolute atomic E-state index is 0.0425. The molecular formula is C13H17BrN4O3. The number of nitrogens with two attached hydrogens (primary N) is 2. The Balaban J connectivity index is 2.62. The van der Waals surface area contributed by atoms with Gasteiger partial charge in [0.1, 0.15) is 6.04 Å². The van der Waals surface area contributed by atoms with Crippen molar-refractivity contribution in [2.24, 2.45) is 16.5 Å². The second kappa shape index (κ2) is 8.25. The summed E-state index contributed by atoms with van der Waals surface area (Å²) in [5.74, 6) is -1.59. The van der Waals surface area contributed by atoms with Crippen LogP contribution in [0.5, 0.6) is 0 Å².